The lowest BCUT2D eigenvalue weighted by molar-refractivity contribution is 0.0986. The molecule has 6 heteroatoms. The van der Waals surface area contributed by atoms with Crippen molar-refractivity contribution in [2.24, 2.45) is 0 Å². The first-order valence-corrected chi connectivity index (χ1v) is 8.14. The molecule has 1 saturated heterocycles. The minimum Gasteiger partial charge on any atom is -0.445 e. The van der Waals surface area contributed by atoms with Crippen LogP contribution in [0.25, 0.3) is 0 Å². The summed E-state index contributed by atoms with van der Waals surface area (Å²) in [4.78, 5) is 20.6. The first kappa shape index (κ1) is 16.1. The third-order valence-corrected chi connectivity index (χ3v) is 4.05. The van der Waals surface area contributed by atoms with Gasteiger partial charge in [-0.1, -0.05) is 30.3 Å². The van der Waals surface area contributed by atoms with E-state index in [1.165, 1.54) is 0 Å². The summed E-state index contributed by atoms with van der Waals surface area (Å²) in [5.41, 5.74) is 7.33. The van der Waals surface area contributed by atoms with Gasteiger partial charge in [0.15, 0.2) is 0 Å². The molecule has 0 bridgehead atoms. The number of ether oxygens (including phenoxy) is 1. The molecular formula is C18H22N4O2. The van der Waals surface area contributed by atoms with Crippen LogP contribution in [0.5, 0.6) is 0 Å². The van der Waals surface area contributed by atoms with Crippen molar-refractivity contribution in [3.05, 3.63) is 54.2 Å². The minimum absolute atomic E-state index is 0.258. The molecule has 6 nitrogen and oxygen atoms in total. The maximum absolute atomic E-state index is 12.3. The van der Waals surface area contributed by atoms with Gasteiger partial charge in [0.05, 0.1) is 11.9 Å². The van der Waals surface area contributed by atoms with E-state index in [0.717, 1.165) is 30.9 Å². The average Bonchev–Trinajstić information content (AvgIpc) is 2.87. The van der Waals surface area contributed by atoms with Gasteiger partial charge in [0.25, 0.3) is 0 Å². The van der Waals surface area contributed by atoms with Crippen molar-refractivity contribution in [1.29, 1.82) is 0 Å². The zero-order valence-electron chi connectivity index (χ0n) is 13.6. The Kier molecular flexibility index (Phi) is 5.15. The van der Waals surface area contributed by atoms with E-state index in [2.05, 4.69) is 9.88 Å². The number of hydrogen-bond donors (Lipinski definition) is 1. The van der Waals surface area contributed by atoms with Crippen LogP contribution in [-0.2, 0) is 11.3 Å². The molecular weight excluding hydrogens is 304 g/mol. The van der Waals surface area contributed by atoms with Crippen LogP contribution in [0.4, 0.5) is 16.3 Å². The Morgan fingerprint density at radius 1 is 1.08 bits per heavy atom. The summed E-state index contributed by atoms with van der Waals surface area (Å²) in [7, 11) is 0. The summed E-state index contributed by atoms with van der Waals surface area (Å²) < 4.78 is 5.42. The fourth-order valence-corrected chi connectivity index (χ4v) is 2.72. The van der Waals surface area contributed by atoms with E-state index in [0.29, 0.717) is 25.4 Å². The highest BCUT2D eigenvalue weighted by Crippen LogP contribution is 2.15. The summed E-state index contributed by atoms with van der Waals surface area (Å²) in [6, 6.07) is 13.5. The van der Waals surface area contributed by atoms with E-state index in [1.807, 2.05) is 42.5 Å². The number of amides is 1. The van der Waals surface area contributed by atoms with E-state index in [-0.39, 0.29) is 6.09 Å². The third-order valence-electron chi connectivity index (χ3n) is 4.05. The van der Waals surface area contributed by atoms with Crippen molar-refractivity contribution < 1.29 is 9.53 Å². The molecule has 126 valence electrons. The molecule has 2 aromatic rings. The predicted octanol–water partition coefficient (Wildman–Crippen LogP) is 2.51. The molecule has 1 aromatic heterocycles. The van der Waals surface area contributed by atoms with E-state index < -0.39 is 0 Å². The lowest BCUT2D eigenvalue weighted by atomic mass is 10.2. The number of carbonyl (C=O) groups excluding carboxylic acids is 1. The highest BCUT2D eigenvalue weighted by molar-refractivity contribution is 5.67. The van der Waals surface area contributed by atoms with Gasteiger partial charge in [0.1, 0.15) is 12.4 Å². The molecule has 0 unspecified atom stereocenters. The van der Waals surface area contributed by atoms with Crippen LogP contribution >= 0.6 is 0 Å². The Hall–Kier alpha value is -2.76. The van der Waals surface area contributed by atoms with Crippen molar-refractivity contribution in [2.75, 3.05) is 36.8 Å². The number of benzene rings is 1. The third kappa shape index (κ3) is 4.16. The fraction of sp³-hybridized carbons (Fsp3) is 0.333. The summed E-state index contributed by atoms with van der Waals surface area (Å²) >= 11 is 0. The number of nitrogens with two attached hydrogens (primary N) is 1. The Balaban J connectivity index is 1.53. The molecule has 3 rings (SSSR count). The van der Waals surface area contributed by atoms with Gasteiger partial charge in [-0.05, 0) is 24.1 Å². The maximum Gasteiger partial charge on any atom is 0.410 e. The summed E-state index contributed by atoms with van der Waals surface area (Å²) in [5, 5.41) is 0. The Morgan fingerprint density at radius 3 is 2.67 bits per heavy atom. The first-order chi connectivity index (χ1) is 11.7. The van der Waals surface area contributed by atoms with Crippen LogP contribution in [-0.4, -0.2) is 42.2 Å². The zero-order valence-corrected chi connectivity index (χ0v) is 13.6. The Labute approximate surface area is 141 Å². The molecule has 1 aromatic carbocycles. The van der Waals surface area contributed by atoms with Crippen LogP contribution in [0.1, 0.15) is 12.0 Å². The van der Waals surface area contributed by atoms with Gasteiger partial charge in [0, 0.05) is 26.2 Å². The summed E-state index contributed by atoms with van der Waals surface area (Å²) in [5.74, 6) is 0.892. The zero-order chi connectivity index (χ0) is 16.8. The van der Waals surface area contributed by atoms with Gasteiger partial charge in [-0.25, -0.2) is 9.78 Å². The molecule has 0 atom stereocenters. The normalized spacial score (nSPS) is 15.0. The molecule has 1 amide bonds. The van der Waals surface area contributed by atoms with Crippen LogP contribution < -0.4 is 10.6 Å². The number of hydrogen-bond acceptors (Lipinski definition) is 5. The highest BCUT2D eigenvalue weighted by atomic mass is 16.6. The molecule has 0 aliphatic carbocycles. The van der Waals surface area contributed by atoms with Gasteiger partial charge in [0.2, 0.25) is 0 Å². The molecule has 1 aliphatic heterocycles. The smallest absolute Gasteiger partial charge is 0.410 e. The van der Waals surface area contributed by atoms with Crippen LogP contribution in [0.3, 0.4) is 0 Å². The molecule has 24 heavy (non-hydrogen) atoms. The van der Waals surface area contributed by atoms with Crippen molar-refractivity contribution in [3.8, 4) is 0 Å². The topological polar surface area (TPSA) is 71.7 Å². The molecule has 0 saturated carbocycles. The quantitative estimate of drug-likeness (QED) is 0.938. The minimum atomic E-state index is -0.258. The molecule has 1 fully saturated rings. The second-order valence-electron chi connectivity index (χ2n) is 5.82. The fourth-order valence-electron chi connectivity index (χ4n) is 2.72. The second kappa shape index (κ2) is 7.68. The van der Waals surface area contributed by atoms with Crippen molar-refractivity contribution >= 4 is 17.6 Å². The number of nitrogen functional groups attached to an aromatic ring is 1. The predicted molar refractivity (Wildman–Crippen MR) is 93.7 cm³/mol. The second-order valence-corrected chi connectivity index (χ2v) is 5.82. The maximum atomic E-state index is 12.3. The number of rotatable bonds is 3. The van der Waals surface area contributed by atoms with E-state index in [4.69, 9.17) is 10.5 Å². The lowest BCUT2D eigenvalue weighted by Crippen LogP contribution is -2.35. The molecule has 2 N–H and O–H groups in total. The van der Waals surface area contributed by atoms with Crippen LogP contribution in [0, 0.1) is 0 Å². The summed E-state index contributed by atoms with van der Waals surface area (Å²) in [6.07, 6.45) is 2.28. The molecule has 2 heterocycles. The van der Waals surface area contributed by atoms with Crippen molar-refractivity contribution in [2.45, 2.75) is 13.0 Å². The average molecular weight is 326 g/mol. The SMILES string of the molecule is Nc1ccc(N2CCCN(C(=O)OCc3ccccc3)CC2)nc1. The van der Waals surface area contributed by atoms with Crippen molar-refractivity contribution in [3.63, 3.8) is 0 Å². The first-order valence-electron chi connectivity index (χ1n) is 8.14. The number of anilines is 2. The van der Waals surface area contributed by atoms with E-state index in [9.17, 15) is 4.79 Å². The van der Waals surface area contributed by atoms with Gasteiger partial charge in [-0.15, -0.1) is 0 Å². The Morgan fingerprint density at radius 2 is 1.92 bits per heavy atom. The molecule has 0 spiro atoms. The molecule has 0 radical (unpaired) electrons. The van der Waals surface area contributed by atoms with E-state index >= 15 is 0 Å². The number of carbonyl (C=O) groups is 1. The number of pyridine rings is 1. The van der Waals surface area contributed by atoms with E-state index in [1.54, 1.807) is 11.1 Å². The van der Waals surface area contributed by atoms with Gasteiger partial charge in [-0.2, -0.15) is 0 Å². The van der Waals surface area contributed by atoms with Crippen LogP contribution in [0.2, 0.25) is 0 Å². The molecule has 1 aliphatic rings. The highest BCUT2D eigenvalue weighted by Gasteiger charge is 2.20. The van der Waals surface area contributed by atoms with Gasteiger partial charge in [-0.3, -0.25) is 0 Å². The lowest BCUT2D eigenvalue weighted by Gasteiger charge is -2.22. The summed E-state index contributed by atoms with van der Waals surface area (Å²) in [6.45, 7) is 3.22. The number of aromatic nitrogens is 1. The van der Waals surface area contributed by atoms with Gasteiger partial charge >= 0.3 is 6.09 Å². The Bertz CT molecular complexity index is 660. The van der Waals surface area contributed by atoms with Gasteiger partial charge < -0.3 is 20.3 Å². The van der Waals surface area contributed by atoms with Crippen molar-refractivity contribution in [1.82, 2.24) is 9.88 Å². The number of nitrogens with zero attached hydrogens (tertiary/aromatic N) is 3. The monoisotopic (exact) mass is 326 g/mol. The van der Waals surface area contributed by atoms with Crippen LogP contribution in [0.15, 0.2) is 48.7 Å². The standard InChI is InChI=1S/C18H22N4O2/c19-16-7-8-17(20-13-16)21-9-4-10-22(12-11-21)18(23)24-14-15-5-2-1-3-6-15/h1-3,5-8,13H,4,9-12,14,19H2. The largest absolute Gasteiger partial charge is 0.445 e.